The number of carbonyl (C=O) groups excluding carboxylic acids is 2. The molecule has 1 N–H and O–H groups in total. The summed E-state index contributed by atoms with van der Waals surface area (Å²) in [5.74, 6) is -2.09. The number of anilines is 1. The van der Waals surface area contributed by atoms with Crippen molar-refractivity contribution in [3.8, 4) is 0 Å². The number of carboxylic acid groups (broad SMARTS) is 1. The number of thioether (sulfide) groups is 1. The third-order valence-electron chi connectivity index (χ3n) is 3.61. The minimum atomic E-state index is -1.11. The molecule has 8 heteroatoms. The fourth-order valence-corrected chi connectivity index (χ4v) is 3.76. The molecule has 1 aliphatic heterocycles. The Kier molecular flexibility index (Phi) is 5.39. The van der Waals surface area contributed by atoms with Gasteiger partial charge in [0.15, 0.2) is 5.17 Å². The van der Waals surface area contributed by atoms with Gasteiger partial charge < -0.3 is 5.11 Å². The van der Waals surface area contributed by atoms with Crippen LogP contribution in [0.25, 0.3) is 0 Å². The summed E-state index contributed by atoms with van der Waals surface area (Å²) in [6, 6.07) is 15.0. The fraction of sp³-hybridized carbons (Fsp3) is 0.111. The first kappa shape index (κ1) is 18.2. The van der Waals surface area contributed by atoms with Crippen molar-refractivity contribution >= 4 is 52.0 Å². The molecule has 0 spiro atoms. The van der Waals surface area contributed by atoms with Crippen LogP contribution in [-0.2, 0) is 9.59 Å². The highest BCUT2D eigenvalue weighted by Crippen LogP contribution is 2.37. The number of amidine groups is 1. The average Bonchev–Trinajstić information content (AvgIpc) is 2.91. The molecule has 2 aromatic rings. The van der Waals surface area contributed by atoms with E-state index in [0.717, 1.165) is 11.8 Å². The Labute approximate surface area is 158 Å². The number of para-hydroxylation sites is 1. The zero-order valence-electron chi connectivity index (χ0n) is 13.3. The maximum Gasteiger partial charge on any atom is 0.305 e. The molecular formula is C18H13ClN2O4S. The average molecular weight is 389 g/mol. The summed E-state index contributed by atoms with van der Waals surface area (Å²) in [6.45, 7) is 0. The number of hydrogen-bond donors (Lipinski definition) is 1. The number of hydrogen-bond acceptors (Lipinski definition) is 4. The summed E-state index contributed by atoms with van der Waals surface area (Å²) in [7, 11) is 0. The predicted molar refractivity (Wildman–Crippen MR) is 101 cm³/mol. The summed E-state index contributed by atoms with van der Waals surface area (Å²) >= 11 is 7.13. The van der Waals surface area contributed by atoms with Crippen LogP contribution in [0.15, 0.2) is 59.6 Å². The second kappa shape index (κ2) is 7.72. The molecule has 0 saturated carbocycles. The van der Waals surface area contributed by atoms with Crippen molar-refractivity contribution < 1.29 is 19.5 Å². The Hall–Kier alpha value is -2.64. The second-order valence-electron chi connectivity index (χ2n) is 5.39. The van der Waals surface area contributed by atoms with Gasteiger partial charge in [-0.15, -0.1) is 0 Å². The van der Waals surface area contributed by atoms with E-state index in [0.29, 0.717) is 16.3 Å². The van der Waals surface area contributed by atoms with Crippen molar-refractivity contribution in [3.05, 3.63) is 65.2 Å². The van der Waals surface area contributed by atoms with E-state index in [1.807, 2.05) is 0 Å². The molecule has 2 aromatic carbocycles. The molecule has 0 unspecified atom stereocenters. The van der Waals surface area contributed by atoms with Gasteiger partial charge in [0.1, 0.15) is 5.25 Å². The molecule has 3 rings (SSSR count). The first-order valence-corrected chi connectivity index (χ1v) is 8.88. The first-order valence-electron chi connectivity index (χ1n) is 7.62. The van der Waals surface area contributed by atoms with E-state index in [2.05, 4.69) is 4.99 Å². The molecule has 0 radical (unpaired) electrons. The topological polar surface area (TPSA) is 87.0 Å². The zero-order chi connectivity index (χ0) is 18.7. The largest absolute Gasteiger partial charge is 0.481 e. The summed E-state index contributed by atoms with van der Waals surface area (Å²) in [5.41, 5.74) is 0.730. The van der Waals surface area contributed by atoms with E-state index in [1.54, 1.807) is 54.6 Å². The number of rotatable bonds is 4. The number of carbonyl (C=O) groups is 3. The molecule has 1 saturated heterocycles. The van der Waals surface area contributed by atoms with E-state index >= 15 is 0 Å². The molecule has 0 aliphatic carbocycles. The lowest BCUT2D eigenvalue weighted by Crippen LogP contribution is -2.33. The molecule has 0 bridgehead atoms. The van der Waals surface area contributed by atoms with Gasteiger partial charge in [0.2, 0.25) is 5.91 Å². The van der Waals surface area contributed by atoms with Gasteiger partial charge >= 0.3 is 5.97 Å². The highest BCUT2D eigenvalue weighted by molar-refractivity contribution is 8.16. The van der Waals surface area contributed by atoms with Crippen LogP contribution in [0.4, 0.5) is 5.69 Å². The monoisotopic (exact) mass is 388 g/mol. The molecule has 1 aliphatic rings. The molecule has 26 heavy (non-hydrogen) atoms. The van der Waals surface area contributed by atoms with Gasteiger partial charge in [-0.3, -0.25) is 19.3 Å². The van der Waals surface area contributed by atoms with Gasteiger partial charge in [-0.05, 0) is 24.3 Å². The van der Waals surface area contributed by atoms with Crippen molar-refractivity contribution in [2.24, 2.45) is 4.99 Å². The van der Waals surface area contributed by atoms with Gasteiger partial charge in [0.05, 0.1) is 17.1 Å². The maximum absolute atomic E-state index is 12.7. The summed E-state index contributed by atoms with van der Waals surface area (Å²) in [4.78, 5) is 41.4. The van der Waals surface area contributed by atoms with Gasteiger partial charge in [-0.25, -0.2) is 0 Å². The smallest absolute Gasteiger partial charge is 0.305 e. The lowest BCUT2D eigenvalue weighted by atomic mass is 10.2. The lowest BCUT2D eigenvalue weighted by molar-refractivity contribution is -0.138. The summed E-state index contributed by atoms with van der Waals surface area (Å²) in [6.07, 6.45) is -0.372. The maximum atomic E-state index is 12.7. The Balaban J connectivity index is 2.01. The zero-order valence-corrected chi connectivity index (χ0v) is 14.9. The van der Waals surface area contributed by atoms with Crippen LogP contribution in [0.3, 0.4) is 0 Å². The van der Waals surface area contributed by atoms with Crippen molar-refractivity contribution in [2.75, 3.05) is 4.90 Å². The van der Waals surface area contributed by atoms with Crippen molar-refractivity contribution in [1.29, 1.82) is 0 Å². The van der Waals surface area contributed by atoms with E-state index in [-0.39, 0.29) is 11.6 Å². The number of nitrogens with zero attached hydrogens (tertiary/aromatic N) is 2. The molecule has 1 atom stereocenters. The standard InChI is InChI=1S/C18H13ClN2O4S/c19-12-8-4-5-9-13(12)21-17(25)14(10-15(22)23)26-18(21)20-16(24)11-6-2-1-3-7-11/h1-9,14H,10H2,(H,22,23)/t14-/m0/s1. The summed E-state index contributed by atoms with van der Waals surface area (Å²) < 4.78 is 0. The van der Waals surface area contributed by atoms with E-state index < -0.39 is 23.0 Å². The first-order chi connectivity index (χ1) is 12.5. The van der Waals surface area contributed by atoms with Crippen LogP contribution >= 0.6 is 23.4 Å². The third kappa shape index (κ3) is 3.79. The van der Waals surface area contributed by atoms with Crippen LogP contribution in [0.5, 0.6) is 0 Å². The quantitative estimate of drug-likeness (QED) is 0.866. The number of carboxylic acids is 1. The Morgan fingerprint density at radius 2 is 1.77 bits per heavy atom. The summed E-state index contributed by atoms with van der Waals surface area (Å²) in [5, 5.41) is 8.58. The normalized spacial score (nSPS) is 18.3. The van der Waals surface area contributed by atoms with Crippen LogP contribution in [0.2, 0.25) is 5.02 Å². The highest BCUT2D eigenvalue weighted by Gasteiger charge is 2.41. The molecule has 2 amide bonds. The van der Waals surface area contributed by atoms with Crippen LogP contribution < -0.4 is 4.90 Å². The van der Waals surface area contributed by atoms with Crippen molar-refractivity contribution in [2.45, 2.75) is 11.7 Å². The molecular weight excluding hydrogens is 376 g/mol. The van der Waals surface area contributed by atoms with Gasteiger partial charge in [0.25, 0.3) is 5.91 Å². The molecule has 0 aromatic heterocycles. The van der Waals surface area contributed by atoms with Crippen LogP contribution in [0.1, 0.15) is 16.8 Å². The second-order valence-corrected chi connectivity index (χ2v) is 6.97. The van der Waals surface area contributed by atoms with Crippen molar-refractivity contribution in [1.82, 2.24) is 0 Å². The highest BCUT2D eigenvalue weighted by atomic mass is 35.5. The lowest BCUT2D eigenvalue weighted by Gasteiger charge is -2.17. The number of halogens is 1. The number of aliphatic carboxylic acids is 1. The van der Waals surface area contributed by atoms with E-state index in [1.165, 1.54) is 4.90 Å². The Morgan fingerprint density at radius 1 is 1.12 bits per heavy atom. The van der Waals surface area contributed by atoms with Crippen molar-refractivity contribution in [3.63, 3.8) is 0 Å². The third-order valence-corrected chi connectivity index (χ3v) is 5.06. The molecule has 6 nitrogen and oxygen atoms in total. The molecule has 1 fully saturated rings. The minimum Gasteiger partial charge on any atom is -0.481 e. The Bertz CT molecular complexity index is 901. The van der Waals surface area contributed by atoms with Gasteiger partial charge in [-0.1, -0.05) is 53.7 Å². The molecule has 1 heterocycles. The van der Waals surface area contributed by atoms with Gasteiger partial charge in [0, 0.05) is 5.56 Å². The Morgan fingerprint density at radius 3 is 2.42 bits per heavy atom. The number of aliphatic imine (C=N–C) groups is 1. The van der Waals surface area contributed by atoms with Crippen LogP contribution in [-0.4, -0.2) is 33.3 Å². The SMILES string of the molecule is O=C(O)C[C@@H]1SC(=NC(=O)c2ccccc2)N(c2ccccc2Cl)C1=O. The number of benzene rings is 2. The number of amides is 2. The van der Waals surface area contributed by atoms with E-state index in [4.69, 9.17) is 16.7 Å². The van der Waals surface area contributed by atoms with Crippen LogP contribution in [0, 0.1) is 0 Å². The van der Waals surface area contributed by atoms with E-state index in [9.17, 15) is 14.4 Å². The predicted octanol–water partition coefficient (Wildman–Crippen LogP) is 3.46. The minimum absolute atomic E-state index is 0.114. The van der Waals surface area contributed by atoms with Gasteiger partial charge in [-0.2, -0.15) is 4.99 Å². The molecule has 132 valence electrons. The fourth-order valence-electron chi connectivity index (χ4n) is 2.42.